The Morgan fingerprint density at radius 3 is 2.74 bits per heavy atom. The van der Waals surface area contributed by atoms with E-state index in [1.165, 1.54) is 0 Å². The van der Waals surface area contributed by atoms with Gasteiger partial charge in [0.2, 0.25) is 6.79 Å². The van der Waals surface area contributed by atoms with Gasteiger partial charge in [0.1, 0.15) is 0 Å². The number of benzene rings is 3. The average Bonchev–Trinajstić information content (AvgIpc) is 3.43. The van der Waals surface area contributed by atoms with Crippen LogP contribution in [0.15, 0.2) is 65.8 Å². The van der Waals surface area contributed by atoms with Crippen LogP contribution < -0.4 is 20.2 Å². The molecule has 2 heterocycles. The number of aromatic nitrogens is 1. The Morgan fingerprint density at radius 2 is 1.89 bits per heavy atom. The zero-order chi connectivity index (χ0) is 24.4. The van der Waals surface area contributed by atoms with Crippen LogP contribution in [-0.4, -0.2) is 30.0 Å². The summed E-state index contributed by atoms with van der Waals surface area (Å²) in [6, 6.07) is 19.1. The summed E-state index contributed by atoms with van der Waals surface area (Å²) < 4.78 is 12.8. The Kier molecular flexibility index (Phi) is 6.53. The summed E-state index contributed by atoms with van der Waals surface area (Å²) in [6.07, 6.45) is 1.68. The van der Waals surface area contributed by atoms with Crippen molar-refractivity contribution < 1.29 is 14.3 Å². The first-order chi connectivity index (χ1) is 17.0. The summed E-state index contributed by atoms with van der Waals surface area (Å²) in [5, 5.41) is 9.36. The second-order valence-corrected chi connectivity index (χ2v) is 8.88. The van der Waals surface area contributed by atoms with Crippen LogP contribution in [0.4, 0.5) is 5.69 Å². The molecule has 3 aromatic carbocycles. The molecule has 9 heteroatoms. The van der Waals surface area contributed by atoms with Gasteiger partial charge < -0.3 is 19.4 Å². The van der Waals surface area contributed by atoms with Crippen LogP contribution in [0.3, 0.4) is 0 Å². The second kappa shape index (κ2) is 9.90. The second-order valence-electron chi connectivity index (χ2n) is 8.07. The third-order valence-corrected chi connectivity index (χ3v) is 6.55. The smallest absolute Gasteiger partial charge is 0.259 e. The topological polar surface area (TPSA) is 76.9 Å². The number of hydrogen-bond acceptors (Lipinski definition) is 5. The quantitative estimate of drug-likeness (QED) is 0.251. The number of rotatable bonds is 7. The summed E-state index contributed by atoms with van der Waals surface area (Å²) in [5.74, 6) is 1.08. The van der Waals surface area contributed by atoms with Crippen molar-refractivity contribution in [2.24, 2.45) is 5.10 Å². The number of para-hydroxylation sites is 1. The molecule has 178 valence electrons. The first-order valence-electron chi connectivity index (χ1n) is 11.0. The number of anilines is 1. The molecule has 0 bridgehead atoms. The lowest BCUT2D eigenvalue weighted by Crippen LogP contribution is -2.25. The lowest BCUT2D eigenvalue weighted by molar-refractivity contribution is -0.119. The Labute approximate surface area is 212 Å². The molecule has 1 aliphatic rings. The highest BCUT2D eigenvalue weighted by Crippen LogP contribution is 2.34. The molecule has 0 unspecified atom stereocenters. The number of ether oxygens (including phenoxy) is 2. The maximum Gasteiger partial charge on any atom is 0.259 e. The van der Waals surface area contributed by atoms with Crippen LogP contribution in [0, 0.1) is 6.92 Å². The van der Waals surface area contributed by atoms with Crippen molar-refractivity contribution in [3.8, 4) is 11.5 Å². The molecule has 0 fully saturated rings. The summed E-state index contributed by atoms with van der Waals surface area (Å²) in [5.41, 5.74) is 7.40. The summed E-state index contributed by atoms with van der Waals surface area (Å²) >= 11 is 12.3. The summed E-state index contributed by atoms with van der Waals surface area (Å²) in [7, 11) is 0. The molecular weight excluding hydrogens is 487 g/mol. The fraction of sp³-hybridized carbons (Fsp3) is 0.154. The van der Waals surface area contributed by atoms with Crippen molar-refractivity contribution >= 4 is 51.9 Å². The number of amides is 1. The number of hydrazone groups is 1. The highest BCUT2D eigenvalue weighted by Gasteiger charge is 2.15. The normalized spacial score (nSPS) is 12.4. The van der Waals surface area contributed by atoms with Gasteiger partial charge in [0.25, 0.3) is 5.91 Å². The average molecular weight is 509 g/mol. The van der Waals surface area contributed by atoms with E-state index in [1.807, 2.05) is 43.3 Å². The standard InChI is InChI=1S/C26H22Cl2N4O3/c1-16-20(12-30-31-26(33)13-29-18-7-9-24-25(11-18)35-15-34-24)19-4-2-3-5-23(19)32(16)14-17-6-8-21(27)22(28)10-17/h2-12,29H,13-15H2,1H3,(H,31,33)/b30-12-. The van der Waals surface area contributed by atoms with Crippen molar-refractivity contribution in [1.29, 1.82) is 0 Å². The Morgan fingerprint density at radius 1 is 1.06 bits per heavy atom. The Balaban J connectivity index is 1.28. The van der Waals surface area contributed by atoms with Gasteiger partial charge in [-0.1, -0.05) is 47.5 Å². The van der Waals surface area contributed by atoms with E-state index in [9.17, 15) is 4.79 Å². The van der Waals surface area contributed by atoms with E-state index in [0.717, 1.165) is 33.4 Å². The maximum absolute atomic E-state index is 12.3. The maximum atomic E-state index is 12.3. The summed E-state index contributed by atoms with van der Waals surface area (Å²) in [4.78, 5) is 12.3. The van der Waals surface area contributed by atoms with Crippen LogP contribution in [0.1, 0.15) is 16.8 Å². The van der Waals surface area contributed by atoms with E-state index in [1.54, 1.807) is 24.4 Å². The molecule has 2 N–H and O–H groups in total. The molecule has 0 atom stereocenters. The minimum atomic E-state index is -0.267. The molecule has 5 rings (SSSR count). The number of nitrogens with zero attached hydrogens (tertiary/aromatic N) is 2. The molecule has 0 spiro atoms. The molecule has 35 heavy (non-hydrogen) atoms. The highest BCUT2D eigenvalue weighted by molar-refractivity contribution is 6.42. The number of nitrogens with one attached hydrogen (secondary N) is 2. The van der Waals surface area contributed by atoms with Gasteiger partial charge >= 0.3 is 0 Å². The Bertz CT molecular complexity index is 1450. The summed E-state index contributed by atoms with van der Waals surface area (Å²) in [6.45, 7) is 2.93. The van der Waals surface area contributed by atoms with Gasteiger partial charge in [-0.25, -0.2) is 5.43 Å². The van der Waals surface area contributed by atoms with E-state index >= 15 is 0 Å². The minimum Gasteiger partial charge on any atom is -0.454 e. The fourth-order valence-corrected chi connectivity index (χ4v) is 4.36. The van der Waals surface area contributed by atoms with Crippen molar-refractivity contribution in [1.82, 2.24) is 9.99 Å². The van der Waals surface area contributed by atoms with E-state index in [0.29, 0.717) is 28.1 Å². The first kappa shape index (κ1) is 23.1. The van der Waals surface area contributed by atoms with Crippen molar-refractivity contribution in [2.75, 3.05) is 18.7 Å². The highest BCUT2D eigenvalue weighted by atomic mass is 35.5. The van der Waals surface area contributed by atoms with E-state index in [4.69, 9.17) is 32.7 Å². The largest absolute Gasteiger partial charge is 0.454 e. The van der Waals surface area contributed by atoms with Crippen LogP contribution >= 0.6 is 23.2 Å². The van der Waals surface area contributed by atoms with Crippen LogP contribution in [-0.2, 0) is 11.3 Å². The predicted molar refractivity (Wildman–Crippen MR) is 139 cm³/mol. The molecule has 0 saturated carbocycles. The van der Waals surface area contributed by atoms with Crippen molar-refractivity contribution in [2.45, 2.75) is 13.5 Å². The van der Waals surface area contributed by atoms with Gasteiger partial charge in [-0.3, -0.25) is 4.79 Å². The van der Waals surface area contributed by atoms with Gasteiger partial charge in [0, 0.05) is 40.5 Å². The number of halogens is 2. The fourth-order valence-electron chi connectivity index (χ4n) is 4.04. The predicted octanol–water partition coefficient (Wildman–Crippen LogP) is 5.60. The number of carbonyl (C=O) groups excluding carboxylic acids is 1. The van der Waals surface area contributed by atoms with Gasteiger partial charge in [-0.2, -0.15) is 5.10 Å². The lowest BCUT2D eigenvalue weighted by atomic mass is 10.1. The molecular formula is C26H22Cl2N4O3. The van der Waals surface area contributed by atoms with E-state index in [-0.39, 0.29) is 19.2 Å². The molecule has 1 amide bonds. The monoisotopic (exact) mass is 508 g/mol. The minimum absolute atomic E-state index is 0.0645. The number of hydrogen-bond donors (Lipinski definition) is 2. The SMILES string of the molecule is Cc1c(/C=N\NC(=O)CNc2ccc3c(c2)OCO3)c2ccccc2n1Cc1ccc(Cl)c(Cl)c1. The van der Waals surface area contributed by atoms with Crippen LogP contribution in [0.5, 0.6) is 11.5 Å². The molecule has 4 aromatic rings. The number of carbonyl (C=O) groups is 1. The van der Waals surface area contributed by atoms with Gasteiger partial charge in [-0.15, -0.1) is 0 Å². The van der Waals surface area contributed by atoms with Gasteiger partial charge in [0.15, 0.2) is 11.5 Å². The van der Waals surface area contributed by atoms with Gasteiger partial charge in [-0.05, 0) is 42.8 Å². The van der Waals surface area contributed by atoms with Crippen molar-refractivity contribution in [3.05, 3.63) is 87.5 Å². The molecule has 0 aliphatic carbocycles. The van der Waals surface area contributed by atoms with Gasteiger partial charge in [0.05, 0.1) is 22.8 Å². The molecule has 0 saturated heterocycles. The zero-order valence-corrected chi connectivity index (χ0v) is 20.4. The van der Waals surface area contributed by atoms with Crippen LogP contribution in [0.2, 0.25) is 10.0 Å². The molecule has 7 nitrogen and oxygen atoms in total. The van der Waals surface area contributed by atoms with Crippen molar-refractivity contribution in [3.63, 3.8) is 0 Å². The van der Waals surface area contributed by atoms with Crippen LogP contribution in [0.25, 0.3) is 10.9 Å². The molecule has 0 radical (unpaired) electrons. The van der Waals surface area contributed by atoms with E-state index in [2.05, 4.69) is 26.5 Å². The third kappa shape index (κ3) is 4.92. The zero-order valence-electron chi connectivity index (χ0n) is 18.8. The third-order valence-electron chi connectivity index (χ3n) is 5.81. The Hall–Kier alpha value is -3.68. The molecule has 1 aromatic heterocycles. The van der Waals surface area contributed by atoms with E-state index < -0.39 is 0 Å². The molecule has 1 aliphatic heterocycles. The lowest BCUT2D eigenvalue weighted by Gasteiger charge is -2.09. The first-order valence-corrected chi connectivity index (χ1v) is 11.7. The number of fused-ring (bicyclic) bond motifs is 2.